The quantitative estimate of drug-likeness (QED) is 0.107. The van der Waals surface area contributed by atoms with Gasteiger partial charge in [0.05, 0.1) is 35.8 Å². The Bertz CT molecular complexity index is 1720. The molecule has 0 aliphatic carbocycles. The van der Waals surface area contributed by atoms with Crippen molar-refractivity contribution in [1.29, 1.82) is 0 Å². The summed E-state index contributed by atoms with van der Waals surface area (Å²) in [7, 11) is -1.52. The summed E-state index contributed by atoms with van der Waals surface area (Å²) in [5, 5.41) is 10.9. The summed E-state index contributed by atoms with van der Waals surface area (Å²) < 4.78 is 61.2. The summed E-state index contributed by atoms with van der Waals surface area (Å²) in [4.78, 5) is 40.8. The van der Waals surface area contributed by atoms with E-state index in [4.69, 9.17) is 4.74 Å². The molecule has 0 unspecified atom stereocenters. The normalized spacial score (nSPS) is 12.2. The van der Waals surface area contributed by atoms with Crippen LogP contribution in [0.15, 0.2) is 61.1 Å². The van der Waals surface area contributed by atoms with Crippen LogP contribution in [0.25, 0.3) is 11.1 Å². The molecule has 0 radical (unpaired) electrons. The summed E-state index contributed by atoms with van der Waals surface area (Å²) >= 11 is 0. The molecule has 2 aromatic carbocycles. The number of rotatable bonds is 13. The van der Waals surface area contributed by atoms with Crippen molar-refractivity contribution in [1.82, 2.24) is 25.1 Å². The van der Waals surface area contributed by atoms with Crippen molar-refractivity contribution in [2.45, 2.75) is 44.6 Å². The van der Waals surface area contributed by atoms with Crippen LogP contribution in [0, 0.1) is 0 Å². The van der Waals surface area contributed by atoms with Crippen molar-refractivity contribution in [2.24, 2.45) is 0 Å². The number of methoxy groups -OCH3 is 1. The zero-order valence-corrected chi connectivity index (χ0v) is 26.5. The predicted octanol–water partition coefficient (Wildman–Crippen LogP) is 6.05. The highest BCUT2D eigenvalue weighted by Gasteiger charge is 2.45. The second kappa shape index (κ2) is 14.0. The minimum Gasteiger partial charge on any atom is -0.383 e. The molecule has 0 bridgehead atoms. The van der Waals surface area contributed by atoms with Gasteiger partial charge in [-0.25, -0.2) is 4.98 Å². The minimum absolute atomic E-state index is 0.0712. The van der Waals surface area contributed by atoms with Crippen LogP contribution in [0.2, 0.25) is 0 Å². The van der Waals surface area contributed by atoms with E-state index < -0.39 is 36.2 Å². The van der Waals surface area contributed by atoms with Crippen molar-refractivity contribution in [2.75, 3.05) is 31.4 Å². The minimum atomic E-state index is -4.82. The van der Waals surface area contributed by atoms with E-state index in [0.717, 1.165) is 0 Å². The highest BCUT2D eigenvalue weighted by Crippen LogP contribution is 2.60. The van der Waals surface area contributed by atoms with Crippen LogP contribution < -0.4 is 16.0 Å². The fraction of sp³-hybridized carbons (Fsp3) is 0.333. The molecular formula is C30H35F3N7O5P. The standard InChI is InChI=1S/C30H35F3N7O5P/c1-5-29(6-2,46(42,43)44)21-8-10-22(11-9-21)37-28-35-17-24(30(31,32)33)26(39-28)38-25-12-7-19(15-23(25)27(41)34-3)20-16-36-40(18-20)13-14-45-4/h7-12,15-18H,5-6,13-14H2,1-4H3,(H,34,41)(H2,42,43,44)(H2,35,37,38,39). The van der Waals surface area contributed by atoms with Gasteiger partial charge in [-0.1, -0.05) is 32.0 Å². The Morgan fingerprint density at radius 1 is 1.02 bits per heavy atom. The predicted molar refractivity (Wildman–Crippen MR) is 167 cm³/mol. The van der Waals surface area contributed by atoms with Crippen LogP contribution >= 0.6 is 7.60 Å². The maximum atomic E-state index is 14.0. The summed E-state index contributed by atoms with van der Waals surface area (Å²) in [5.74, 6) is -1.32. The van der Waals surface area contributed by atoms with Gasteiger partial charge < -0.3 is 30.5 Å². The third-order valence-electron chi connectivity index (χ3n) is 7.74. The van der Waals surface area contributed by atoms with Gasteiger partial charge in [-0.15, -0.1) is 0 Å². The molecule has 16 heteroatoms. The molecule has 2 heterocycles. The molecule has 4 rings (SSSR count). The van der Waals surface area contributed by atoms with Gasteiger partial charge in [0.25, 0.3) is 5.91 Å². The van der Waals surface area contributed by atoms with E-state index >= 15 is 0 Å². The molecular weight excluding hydrogens is 626 g/mol. The Kier molecular flexibility index (Phi) is 10.5. The van der Waals surface area contributed by atoms with Gasteiger partial charge in [0, 0.05) is 37.8 Å². The first-order chi connectivity index (χ1) is 21.8. The number of ether oxygens (including phenoxy) is 1. The van der Waals surface area contributed by atoms with Crippen LogP contribution in [0.3, 0.4) is 0 Å². The lowest BCUT2D eigenvalue weighted by molar-refractivity contribution is -0.137. The first-order valence-electron chi connectivity index (χ1n) is 14.3. The molecule has 1 amide bonds. The number of aromatic nitrogens is 4. The summed E-state index contributed by atoms with van der Waals surface area (Å²) in [6.45, 7) is 4.35. The van der Waals surface area contributed by atoms with E-state index in [9.17, 15) is 32.3 Å². The number of nitrogens with zero attached hydrogens (tertiary/aromatic N) is 4. The molecule has 0 fully saturated rings. The van der Waals surface area contributed by atoms with Crippen molar-refractivity contribution in [3.63, 3.8) is 0 Å². The zero-order chi connectivity index (χ0) is 33.7. The summed E-state index contributed by atoms with van der Waals surface area (Å²) in [6.07, 6.45) is -0.412. The zero-order valence-electron chi connectivity index (χ0n) is 25.6. The molecule has 0 spiro atoms. The monoisotopic (exact) mass is 661 g/mol. The third kappa shape index (κ3) is 7.39. The number of halogens is 3. The average Bonchev–Trinajstić information content (AvgIpc) is 3.49. The number of anilines is 4. The van der Waals surface area contributed by atoms with Gasteiger partial charge >= 0.3 is 13.8 Å². The smallest absolute Gasteiger partial charge is 0.383 e. The molecule has 12 nitrogen and oxygen atoms in total. The second-order valence-corrected chi connectivity index (χ2v) is 12.3. The van der Waals surface area contributed by atoms with E-state index in [1.54, 1.807) is 68.4 Å². The van der Waals surface area contributed by atoms with Crippen molar-refractivity contribution < 1.29 is 37.1 Å². The van der Waals surface area contributed by atoms with E-state index in [1.807, 2.05) is 0 Å². The molecule has 0 aliphatic heterocycles. The second-order valence-electron chi connectivity index (χ2n) is 10.4. The Balaban J connectivity index is 1.67. The van der Waals surface area contributed by atoms with E-state index in [0.29, 0.717) is 41.7 Å². The van der Waals surface area contributed by atoms with Crippen LogP contribution in [-0.2, 0) is 27.2 Å². The van der Waals surface area contributed by atoms with Crippen LogP contribution in [-0.4, -0.2) is 56.2 Å². The number of nitrogens with one attached hydrogen (secondary N) is 3. The van der Waals surface area contributed by atoms with Gasteiger partial charge in [0.2, 0.25) is 5.95 Å². The maximum absolute atomic E-state index is 14.0. The highest BCUT2D eigenvalue weighted by molar-refractivity contribution is 7.53. The number of hydrogen-bond donors (Lipinski definition) is 5. The fourth-order valence-electron chi connectivity index (χ4n) is 5.08. The van der Waals surface area contributed by atoms with Gasteiger partial charge in [0.1, 0.15) is 11.4 Å². The molecule has 246 valence electrons. The molecule has 0 saturated carbocycles. The first-order valence-corrected chi connectivity index (χ1v) is 15.9. The van der Waals surface area contributed by atoms with Gasteiger partial charge in [-0.05, 0) is 48.2 Å². The molecule has 0 aliphatic rings. The number of amides is 1. The third-order valence-corrected chi connectivity index (χ3v) is 9.74. The van der Waals surface area contributed by atoms with Crippen LogP contribution in [0.1, 0.15) is 48.2 Å². The van der Waals surface area contributed by atoms with Gasteiger partial charge in [-0.2, -0.15) is 23.3 Å². The average molecular weight is 662 g/mol. The van der Waals surface area contributed by atoms with Gasteiger partial charge in [0.15, 0.2) is 0 Å². The Labute approximate surface area is 263 Å². The number of carbonyl (C=O) groups is 1. The van der Waals surface area contributed by atoms with Crippen molar-refractivity contribution >= 4 is 36.6 Å². The summed E-state index contributed by atoms with van der Waals surface area (Å²) in [6, 6.07) is 10.9. The number of alkyl halides is 3. The SMILES string of the molecule is CCC(CC)(c1ccc(Nc2ncc(C(F)(F)F)c(Nc3ccc(-c4cnn(CCOC)c4)cc3C(=O)NC)n2)cc1)P(=O)(O)O. The largest absolute Gasteiger partial charge is 0.421 e. The van der Waals surface area contributed by atoms with E-state index in [1.165, 1.54) is 19.2 Å². The Hall–Kier alpha value is -4.30. The van der Waals surface area contributed by atoms with E-state index in [-0.39, 0.29) is 30.0 Å². The molecule has 0 atom stereocenters. The van der Waals surface area contributed by atoms with Gasteiger partial charge in [-0.3, -0.25) is 14.0 Å². The number of benzene rings is 2. The van der Waals surface area contributed by atoms with Crippen LogP contribution in [0.4, 0.5) is 36.3 Å². The van der Waals surface area contributed by atoms with Crippen molar-refractivity contribution in [3.05, 3.63) is 77.7 Å². The Morgan fingerprint density at radius 3 is 2.30 bits per heavy atom. The molecule has 46 heavy (non-hydrogen) atoms. The first kappa shape index (κ1) is 34.6. The lowest BCUT2D eigenvalue weighted by Gasteiger charge is -2.33. The van der Waals surface area contributed by atoms with E-state index in [2.05, 4.69) is 31.0 Å². The number of hydrogen-bond acceptors (Lipinski definition) is 8. The Morgan fingerprint density at radius 2 is 1.72 bits per heavy atom. The lowest BCUT2D eigenvalue weighted by atomic mass is 9.92. The topological polar surface area (TPSA) is 164 Å². The molecule has 5 N–H and O–H groups in total. The molecule has 2 aromatic heterocycles. The fourth-order valence-corrected chi connectivity index (χ4v) is 6.39. The molecule has 0 saturated heterocycles. The number of carbonyl (C=O) groups excluding carboxylic acids is 1. The van der Waals surface area contributed by atoms with Crippen LogP contribution in [0.5, 0.6) is 0 Å². The van der Waals surface area contributed by atoms with Crippen molar-refractivity contribution in [3.8, 4) is 11.1 Å². The summed E-state index contributed by atoms with van der Waals surface area (Å²) in [5.41, 5.74) is 1.11. The lowest BCUT2D eigenvalue weighted by Crippen LogP contribution is -2.24. The molecule has 4 aromatic rings. The maximum Gasteiger partial charge on any atom is 0.421 e. The highest BCUT2D eigenvalue weighted by atomic mass is 31.2.